The Balaban J connectivity index is 1.34. The van der Waals surface area contributed by atoms with Crippen LogP contribution in [-0.2, 0) is 22.6 Å². The molecule has 200 valence electrons. The van der Waals surface area contributed by atoms with E-state index < -0.39 is 18.0 Å². The molecule has 1 aliphatic carbocycles. The van der Waals surface area contributed by atoms with Crippen molar-refractivity contribution in [2.75, 3.05) is 19.8 Å². The second-order valence-electron chi connectivity index (χ2n) is 9.40. The summed E-state index contributed by atoms with van der Waals surface area (Å²) in [4.78, 5) is 44.6. The van der Waals surface area contributed by atoms with Gasteiger partial charge in [-0.2, -0.15) is 4.73 Å². The van der Waals surface area contributed by atoms with Gasteiger partial charge in [0.1, 0.15) is 24.2 Å². The van der Waals surface area contributed by atoms with Crippen molar-refractivity contribution in [2.45, 2.75) is 25.4 Å². The van der Waals surface area contributed by atoms with E-state index in [4.69, 9.17) is 32.0 Å². The minimum Gasteiger partial charge on any atom is -0.491 e. The molecule has 3 aromatic rings. The molecule has 1 aliphatic heterocycles. The second kappa shape index (κ2) is 10.5. The van der Waals surface area contributed by atoms with Crippen molar-refractivity contribution in [3.63, 3.8) is 0 Å². The van der Waals surface area contributed by atoms with Crippen molar-refractivity contribution < 1.29 is 33.5 Å². The lowest BCUT2D eigenvalue weighted by atomic mass is 10.1. The van der Waals surface area contributed by atoms with Crippen LogP contribution in [0.5, 0.6) is 5.75 Å². The van der Waals surface area contributed by atoms with Crippen LogP contribution in [-0.4, -0.2) is 58.4 Å². The zero-order chi connectivity index (χ0) is 27.0. The van der Waals surface area contributed by atoms with Crippen LogP contribution >= 0.6 is 11.6 Å². The summed E-state index contributed by atoms with van der Waals surface area (Å²) >= 11 is 5.84. The molecule has 38 heavy (non-hydrogen) atoms. The number of ether oxygens (including phenoxy) is 1. The fourth-order valence-corrected chi connectivity index (χ4v) is 5.30. The fraction of sp³-hybridized carbons (Fsp3) is 0.346. The van der Waals surface area contributed by atoms with Crippen LogP contribution in [0.3, 0.4) is 0 Å². The van der Waals surface area contributed by atoms with E-state index in [2.05, 4.69) is 5.32 Å². The molecular formula is C26H26ClFN4O6. The monoisotopic (exact) mass is 544 g/mol. The lowest BCUT2D eigenvalue weighted by Crippen LogP contribution is -2.48. The standard InChI is InChI=1S/C26H26ClFN4O6/c27-20-3-1-2-14(23(20)28)11-30-25(35)24-19-8-15(19)12-31(24)22(34)9-16-13-32(38-26(29)36)21-5-4-17(10-18(16)21)37-7-6-33/h1-5,10,13,15,19,24,33H,6-9,11-12H2,(H2,29,36)(H,30,35)/t15-,19-,24-/m0/s1. The molecule has 2 aliphatic rings. The fourth-order valence-electron chi connectivity index (χ4n) is 5.11. The Morgan fingerprint density at radius 1 is 1.21 bits per heavy atom. The lowest BCUT2D eigenvalue weighted by molar-refractivity contribution is -0.139. The maximum absolute atomic E-state index is 14.3. The number of fused-ring (bicyclic) bond motifs is 2. The van der Waals surface area contributed by atoms with Crippen LogP contribution in [0.4, 0.5) is 9.18 Å². The highest BCUT2D eigenvalue weighted by molar-refractivity contribution is 6.30. The molecule has 0 unspecified atom stereocenters. The van der Waals surface area contributed by atoms with Gasteiger partial charge in [0, 0.05) is 30.2 Å². The molecule has 2 heterocycles. The molecule has 4 N–H and O–H groups in total. The summed E-state index contributed by atoms with van der Waals surface area (Å²) in [5.74, 6) is -0.440. The molecule has 2 aromatic carbocycles. The molecule has 0 spiro atoms. The highest BCUT2D eigenvalue weighted by atomic mass is 35.5. The quantitative estimate of drug-likeness (QED) is 0.377. The molecule has 0 bridgehead atoms. The first-order valence-electron chi connectivity index (χ1n) is 12.1. The Bertz CT molecular complexity index is 1410. The maximum Gasteiger partial charge on any atom is 0.429 e. The van der Waals surface area contributed by atoms with Gasteiger partial charge in [-0.3, -0.25) is 9.59 Å². The molecule has 2 fully saturated rings. The third-order valence-corrected chi connectivity index (χ3v) is 7.23. The van der Waals surface area contributed by atoms with Gasteiger partial charge in [-0.25, -0.2) is 9.18 Å². The number of piperidine rings is 1. The van der Waals surface area contributed by atoms with Gasteiger partial charge in [0.25, 0.3) is 0 Å². The largest absolute Gasteiger partial charge is 0.491 e. The van der Waals surface area contributed by atoms with Gasteiger partial charge in [0.2, 0.25) is 11.8 Å². The van der Waals surface area contributed by atoms with E-state index in [0.29, 0.717) is 28.8 Å². The number of halogens is 2. The van der Waals surface area contributed by atoms with E-state index in [-0.39, 0.29) is 60.4 Å². The zero-order valence-electron chi connectivity index (χ0n) is 20.2. The van der Waals surface area contributed by atoms with Crippen LogP contribution in [0.1, 0.15) is 17.5 Å². The summed E-state index contributed by atoms with van der Waals surface area (Å²) in [7, 11) is 0. The third kappa shape index (κ3) is 5.11. The topological polar surface area (TPSA) is 136 Å². The van der Waals surface area contributed by atoms with Crippen LogP contribution < -0.4 is 20.6 Å². The SMILES string of the molecule is NC(=O)On1cc(CC(=O)N2C[C@@H]3C[C@@H]3[C@H]2C(=O)NCc2cccc(Cl)c2F)c2cc(OCCO)ccc21. The molecule has 5 rings (SSSR count). The van der Waals surface area contributed by atoms with Crippen molar-refractivity contribution in [1.82, 2.24) is 14.9 Å². The number of primary amides is 1. The average molecular weight is 545 g/mol. The van der Waals surface area contributed by atoms with Gasteiger partial charge in [0.15, 0.2) is 0 Å². The number of carbonyl (C=O) groups excluding carboxylic acids is 3. The number of nitrogens with zero attached hydrogens (tertiary/aromatic N) is 2. The molecule has 3 atom stereocenters. The number of aliphatic hydroxyl groups is 1. The normalized spacial score (nSPS) is 19.8. The first-order chi connectivity index (χ1) is 18.3. The number of carbonyl (C=O) groups is 3. The molecule has 1 saturated carbocycles. The summed E-state index contributed by atoms with van der Waals surface area (Å²) in [5.41, 5.74) is 6.49. The first-order valence-corrected chi connectivity index (χ1v) is 12.5. The number of hydrogen-bond donors (Lipinski definition) is 3. The van der Waals surface area contributed by atoms with Gasteiger partial charge >= 0.3 is 6.09 Å². The van der Waals surface area contributed by atoms with E-state index >= 15 is 0 Å². The molecule has 12 heteroatoms. The van der Waals surface area contributed by atoms with Crippen molar-refractivity contribution in [1.29, 1.82) is 0 Å². The number of aliphatic hydroxyl groups excluding tert-OH is 1. The number of nitrogens with two attached hydrogens (primary N) is 1. The predicted molar refractivity (Wildman–Crippen MR) is 135 cm³/mol. The van der Waals surface area contributed by atoms with Crippen LogP contribution in [0.15, 0.2) is 42.6 Å². The summed E-state index contributed by atoms with van der Waals surface area (Å²) in [5, 5.41) is 12.4. The summed E-state index contributed by atoms with van der Waals surface area (Å²) in [6.07, 6.45) is 1.26. The second-order valence-corrected chi connectivity index (χ2v) is 9.81. The minimum atomic E-state index is -1.02. The highest BCUT2D eigenvalue weighted by Gasteiger charge is 2.56. The van der Waals surface area contributed by atoms with Crippen molar-refractivity contribution in [3.05, 3.63) is 64.6 Å². The van der Waals surface area contributed by atoms with E-state index in [1.807, 2.05) is 0 Å². The first kappa shape index (κ1) is 25.8. The number of aromatic nitrogens is 1. The van der Waals surface area contributed by atoms with Gasteiger partial charge in [-0.05, 0) is 48.1 Å². The third-order valence-electron chi connectivity index (χ3n) is 6.94. The Morgan fingerprint density at radius 3 is 2.79 bits per heavy atom. The summed E-state index contributed by atoms with van der Waals surface area (Å²) < 4.78 is 20.9. The van der Waals surface area contributed by atoms with Crippen LogP contribution in [0, 0.1) is 17.7 Å². The van der Waals surface area contributed by atoms with Crippen LogP contribution in [0.25, 0.3) is 10.9 Å². The number of hydrogen-bond acceptors (Lipinski definition) is 6. The molecule has 1 saturated heterocycles. The van der Waals surface area contributed by atoms with Gasteiger partial charge in [-0.15, -0.1) is 0 Å². The number of nitrogens with one attached hydrogen (secondary N) is 1. The van der Waals surface area contributed by atoms with E-state index in [1.165, 1.54) is 17.0 Å². The Morgan fingerprint density at radius 2 is 2.03 bits per heavy atom. The number of benzene rings is 2. The minimum absolute atomic E-state index is 0.0268. The van der Waals surface area contributed by atoms with Gasteiger partial charge < -0.3 is 30.6 Å². The summed E-state index contributed by atoms with van der Waals surface area (Å²) in [6, 6.07) is 8.89. The average Bonchev–Trinajstić information content (AvgIpc) is 3.43. The summed E-state index contributed by atoms with van der Waals surface area (Å²) in [6.45, 7) is 0.328. The number of rotatable bonds is 9. The predicted octanol–water partition coefficient (Wildman–Crippen LogP) is 2.02. The molecule has 10 nitrogen and oxygen atoms in total. The van der Waals surface area contributed by atoms with E-state index in [0.717, 1.165) is 6.42 Å². The van der Waals surface area contributed by atoms with Crippen LogP contribution in [0.2, 0.25) is 5.02 Å². The highest BCUT2D eigenvalue weighted by Crippen LogP contribution is 2.49. The number of likely N-dealkylation sites (tertiary alicyclic amines) is 1. The molecular weight excluding hydrogens is 519 g/mol. The van der Waals surface area contributed by atoms with E-state index in [9.17, 15) is 18.8 Å². The van der Waals surface area contributed by atoms with Crippen molar-refractivity contribution >= 4 is 40.4 Å². The van der Waals surface area contributed by atoms with Gasteiger partial charge in [-0.1, -0.05) is 23.7 Å². The van der Waals surface area contributed by atoms with Crippen molar-refractivity contribution in [2.24, 2.45) is 17.6 Å². The van der Waals surface area contributed by atoms with E-state index in [1.54, 1.807) is 35.2 Å². The maximum atomic E-state index is 14.3. The van der Waals surface area contributed by atoms with Gasteiger partial charge in [0.05, 0.1) is 23.6 Å². The zero-order valence-corrected chi connectivity index (χ0v) is 21.0. The smallest absolute Gasteiger partial charge is 0.429 e. The lowest BCUT2D eigenvalue weighted by Gasteiger charge is -2.27. The molecule has 1 aromatic heterocycles. The Labute approximate surface area is 222 Å². The molecule has 0 radical (unpaired) electrons. The number of amides is 3. The molecule has 3 amide bonds. The Kier molecular flexibility index (Phi) is 7.13. The Hall–Kier alpha value is -3.83. The van der Waals surface area contributed by atoms with Crippen molar-refractivity contribution in [3.8, 4) is 5.75 Å².